The Balaban J connectivity index is 1.36. The number of fused-ring (bicyclic) bond motifs is 1. The summed E-state index contributed by atoms with van der Waals surface area (Å²) in [6.45, 7) is 11.6. The minimum Gasteiger partial charge on any atom is -0.390 e. The van der Waals surface area contributed by atoms with Gasteiger partial charge in [-0.3, -0.25) is 9.36 Å². The lowest BCUT2D eigenvalue weighted by Crippen LogP contribution is -2.32. The van der Waals surface area contributed by atoms with Gasteiger partial charge in [0.1, 0.15) is 5.82 Å². The van der Waals surface area contributed by atoms with Crippen molar-refractivity contribution in [1.29, 1.82) is 0 Å². The number of amides is 2. The summed E-state index contributed by atoms with van der Waals surface area (Å²) in [5.74, 6) is 0.769. The molecule has 0 spiro atoms. The van der Waals surface area contributed by atoms with Crippen molar-refractivity contribution in [3.8, 4) is 0 Å². The second-order valence-electron chi connectivity index (χ2n) is 12.3. The monoisotopic (exact) mass is 596 g/mol. The van der Waals surface area contributed by atoms with Gasteiger partial charge in [0.05, 0.1) is 11.1 Å². The Morgan fingerprint density at radius 1 is 1.02 bits per heavy atom. The number of nitrogens with zero attached hydrogens (tertiary/aromatic N) is 4. The predicted molar refractivity (Wildman–Crippen MR) is 177 cm³/mol. The first kappa shape index (κ1) is 31.2. The van der Waals surface area contributed by atoms with Gasteiger partial charge < -0.3 is 25.5 Å². The third-order valence-corrected chi connectivity index (χ3v) is 8.62. The van der Waals surface area contributed by atoms with Crippen LogP contribution in [-0.2, 0) is 0 Å². The van der Waals surface area contributed by atoms with Crippen molar-refractivity contribution in [2.45, 2.75) is 58.5 Å². The number of pyridine rings is 1. The first-order valence-electron chi connectivity index (χ1n) is 15.5. The van der Waals surface area contributed by atoms with Crippen LogP contribution >= 0.6 is 0 Å². The van der Waals surface area contributed by atoms with Crippen LogP contribution in [-0.4, -0.2) is 70.3 Å². The van der Waals surface area contributed by atoms with Crippen molar-refractivity contribution in [2.75, 3.05) is 43.4 Å². The van der Waals surface area contributed by atoms with Crippen molar-refractivity contribution in [3.05, 3.63) is 83.7 Å². The van der Waals surface area contributed by atoms with Crippen LogP contribution in [0.25, 0.3) is 10.9 Å². The van der Waals surface area contributed by atoms with E-state index in [-0.39, 0.29) is 11.9 Å². The van der Waals surface area contributed by atoms with Crippen molar-refractivity contribution in [1.82, 2.24) is 19.8 Å². The SMILES string of the molecule is CCN1CCC(c2ccc(C(=O)Nc3cc(N(CCC(C)(C)O)c4ccc5c(c4)cc(C)n5C(=O)NC)ccn3)cc2)CC1. The van der Waals surface area contributed by atoms with E-state index in [1.54, 1.807) is 31.7 Å². The number of rotatable bonds is 9. The first-order chi connectivity index (χ1) is 21.1. The minimum atomic E-state index is -0.870. The molecule has 1 aliphatic heterocycles. The standard InChI is InChI=1S/C35H44N6O3/c1-6-39-18-14-26(15-19-39)25-7-9-27(10-8-25)33(42)38-32-23-30(13-17-37-32)40(20-16-35(3,4)44)29-11-12-31-28(22-29)21-24(2)41(31)34(43)36-5/h7-13,17,21-23,26,44H,6,14-16,18-20H2,1-5H3,(H,36,43)(H,37,38,42). The van der Waals surface area contributed by atoms with E-state index in [1.807, 2.05) is 55.5 Å². The third kappa shape index (κ3) is 7.11. The maximum atomic E-state index is 13.2. The Morgan fingerprint density at radius 3 is 2.39 bits per heavy atom. The van der Waals surface area contributed by atoms with Crippen LogP contribution in [0.15, 0.2) is 66.9 Å². The topological polar surface area (TPSA) is 103 Å². The van der Waals surface area contributed by atoms with E-state index >= 15 is 0 Å². The number of aliphatic hydroxyl groups is 1. The minimum absolute atomic E-state index is 0.189. The van der Waals surface area contributed by atoms with Crippen LogP contribution in [0.1, 0.15) is 67.6 Å². The zero-order valence-corrected chi connectivity index (χ0v) is 26.4. The smallest absolute Gasteiger partial charge is 0.325 e. The van der Waals surface area contributed by atoms with E-state index in [9.17, 15) is 14.7 Å². The lowest BCUT2D eigenvalue weighted by Gasteiger charge is -2.31. The Hall–Kier alpha value is -4.21. The highest BCUT2D eigenvalue weighted by molar-refractivity contribution is 6.04. The zero-order chi connectivity index (χ0) is 31.4. The molecule has 2 aromatic heterocycles. The van der Waals surface area contributed by atoms with Crippen LogP contribution in [0, 0.1) is 6.92 Å². The lowest BCUT2D eigenvalue weighted by molar-refractivity contribution is 0.0737. The molecule has 2 aromatic carbocycles. The van der Waals surface area contributed by atoms with Gasteiger partial charge in [-0.2, -0.15) is 0 Å². The molecule has 9 heteroatoms. The van der Waals surface area contributed by atoms with Gasteiger partial charge in [0.2, 0.25) is 0 Å². The summed E-state index contributed by atoms with van der Waals surface area (Å²) in [6.07, 6.45) is 4.48. The van der Waals surface area contributed by atoms with Gasteiger partial charge in [-0.15, -0.1) is 0 Å². The molecule has 1 saturated heterocycles. The third-order valence-electron chi connectivity index (χ3n) is 8.62. The van der Waals surface area contributed by atoms with Crippen molar-refractivity contribution in [2.24, 2.45) is 0 Å². The molecule has 0 atom stereocenters. The summed E-state index contributed by atoms with van der Waals surface area (Å²) in [5, 5.41) is 17.1. The Morgan fingerprint density at radius 2 is 1.73 bits per heavy atom. The van der Waals surface area contributed by atoms with E-state index in [0.29, 0.717) is 30.3 Å². The van der Waals surface area contributed by atoms with Gasteiger partial charge in [-0.05, 0) is 114 Å². The maximum absolute atomic E-state index is 13.2. The molecule has 3 N–H and O–H groups in total. The number of carbonyl (C=O) groups is 2. The van der Waals surface area contributed by atoms with Crippen LogP contribution in [0.5, 0.6) is 0 Å². The van der Waals surface area contributed by atoms with E-state index < -0.39 is 5.60 Å². The summed E-state index contributed by atoms with van der Waals surface area (Å²) in [5.41, 5.74) is 4.39. The molecule has 0 radical (unpaired) electrons. The number of anilines is 3. The molecule has 9 nitrogen and oxygen atoms in total. The van der Waals surface area contributed by atoms with E-state index in [4.69, 9.17) is 0 Å². The Labute approximate surface area is 259 Å². The maximum Gasteiger partial charge on any atom is 0.325 e. The molecule has 44 heavy (non-hydrogen) atoms. The molecule has 0 unspecified atom stereocenters. The second kappa shape index (κ2) is 13.2. The van der Waals surface area contributed by atoms with E-state index in [1.165, 1.54) is 5.56 Å². The molecule has 3 heterocycles. The Bertz CT molecular complexity index is 1610. The van der Waals surface area contributed by atoms with Crippen LogP contribution in [0.4, 0.5) is 22.0 Å². The average molecular weight is 597 g/mol. The molecule has 1 fully saturated rings. The lowest BCUT2D eigenvalue weighted by atomic mass is 9.89. The molecule has 0 aliphatic carbocycles. The number of likely N-dealkylation sites (tertiary alicyclic amines) is 1. The number of carbonyl (C=O) groups excluding carboxylic acids is 2. The average Bonchev–Trinajstić information content (AvgIpc) is 3.35. The van der Waals surface area contributed by atoms with Gasteiger partial charge in [0.25, 0.3) is 5.91 Å². The molecule has 2 amide bonds. The number of nitrogens with one attached hydrogen (secondary N) is 2. The van der Waals surface area contributed by atoms with Gasteiger partial charge in [-0.25, -0.2) is 9.78 Å². The molecule has 4 aromatic rings. The second-order valence-corrected chi connectivity index (χ2v) is 12.3. The zero-order valence-electron chi connectivity index (χ0n) is 26.4. The molecule has 5 rings (SSSR count). The summed E-state index contributed by atoms with van der Waals surface area (Å²) in [7, 11) is 1.62. The van der Waals surface area contributed by atoms with Gasteiger partial charge >= 0.3 is 6.03 Å². The first-order valence-corrected chi connectivity index (χ1v) is 15.5. The van der Waals surface area contributed by atoms with Crippen LogP contribution in [0.2, 0.25) is 0 Å². The highest BCUT2D eigenvalue weighted by Gasteiger charge is 2.21. The molecular weight excluding hydrogens is 552 g/mol. The molecular formula is C35H44N6O3. The Kier molecular flexibility index (Phi) is 9.36. The number of piperidine rings is 1. The highest BCUT2D eigenvalue weighted by Crippen LogP contribution is 2.32. The fourth-order valence-corrected chi connectivity index (χ4v) is 6.02. The number of benzene rings is 2. The number of aryl methyl sites for hydroxylation is 1. The number of hydrogen-bond donors (Lipinski definition) is 3. The summed E-state index contributed by atoms with van der Waals surface area (Å²) in [6, 6.07) is 19.5. The summed E-state index contributed by atoms with van der Waals surface area (Å²) < 4.78 is 1.65. The van der Waals surface area contributed by atoms with Gasteiger partial charge in [0.15, 0.2) is 0 Å². The van der Waals surface area contributed by atoms with E-state index in [2.05, 4.69) is 44.5 Å². The van der Waals surface area contributed by atoms with Crippen molar-refractivity contribution >= 4 is 40.0 Å². The summed E-state index contributed by atoms with van der Waals surface area (Å²) >= 11 is 0. The number of aromatic nitrogens is 2. The van der Waals surface area contributed by atoms with E-state index in [0.717, 1.165) is 60.4 Å². The number of hydrogen-bond acceptors (Lipinski definition) is 6. The van der Waals surface area contributed by atoms with Crippen molar-refractivity contribution in [3.63, 3.8) is 0 Å². The van der Waals surface area contributed by atoms with Gasteiger partial charge in [-0.1, -0.05) is 19.1 Å². The summed E-state index contributed by atoms with van der Waals surface area (Å²) in [4.78, 5) is 34.7. The molecule has 0 bridgehead atoms. The fourth-order valence-electron chi connectivity index (χ4n) is 6.02. The van der Waals surface area contributed by atoms with Crippen LogP contribution < -0.4 is 15.5 Å². The largest absolute Gasteiger partial charge is 0.390 e. The van der Waals surface area contributed by atoms with Crippen LogP contribution in [0.3, 0.4) is 0 Å². The predicted octanol–water partition coefficient (Wildman–Crippen LogP) is 6.28. The fraction of sp³-hybridized carbons (Fsp3) is 0.400. The normalized spacial score (nSPS) is 14.5. The molecule has 0 saturated carbocycles. The quantitative estimate of drug-likeness (QED) is 0.210. The molecule has 232 valence electrons. The molecule has 1 aliphatic rings. The van der Waals surface area contributed by atoms with Gasteiger partial charge in [0, 0.05) is 53.9 Å². The highest BCUT2D eigenvalue weighted by atomic mass is 16.3. The van der Waals surface area contributed by atoms with Crippen molar-refractivity contribution < 1.29 is 14.7 Å².